The van der Waals surface area contributed by atoms with Crippen molar-refractivity contribution in [2.45, 2.75) is 45.3 Å². The molecule has 9 heteroatoms. The second-order valence-corrected chi connectivity index (χ2v) is 9.83. The Morgan fingerprint density at radius 2 is 2.20 bits per heavy atom. The summed E-state index contributed by atoms with van der Waals surface area (Å²) < 4.78 is 14.7. The van der Waals surface area contributed by atoms with Crippen LogP contribution >= 0.6 is 11.9 Å². The van der Waals surface area contributed by atoms with Gasteiger partial charge in [-0.05, 0) is 62.4 Å². The van der Waals surface area contributed by atoms with E-state index >= 15 is 0 Å². The lowest BCUT2D eigenvalue weighted by atomic mass is 10.0. The van der Waals surface area contributed by atoms with Crippen LogP contribution in [-0.4, -0.2) is 45.9 Å². The molecule has 1 aliphatic carbocycles. The minimum Gasteiger partial charge on any atom is -0.490 e. The number of fused-ring (bicyclic) bond motifs is 1. The van der Waals surface area contributed by atoms with Gasteiger partial charge in [0.15, 0.2) is 0 Å². The SMILES string of the molecule is CC(C)Oc1ccc(-c2nc(-c3cccc4c3CC[C@@H]4NSCC(=O)N3CCC3)no2)cc1C#N. The van der Waals surface area contributed by atoms with E-state index in [1.54, 1.807) is 12.1 Å². The monoisotopic (exact) mass is 489 g/mol. The fourth-order valence-electron chi connectivity index (χ4n) is 4.40. The van der Waals surface area contributed by atoms with Crippen molar-refractivity contribution >= 4 is 17.9 Å². The standard InChI is InChI=1S/C26H27N5O3S/c1-16(2)33-23-10-7-17(13-18(23)14-27)26-28-25(29-34-26)21-6-3-5-20-19(21)8-9-22(20)30-35-15-24(32)31-11-4-12-31/h3,5-7,10,13,16,22,30H,4,8-9,11-12,15H2,1-2H3/t22-/m0/s1. The topological polar surface area (TPSA) is 104 Å². The number of carbonyl (C=O) groups is 1. The van der Waals surface area contributed by atoms with Crippen molar-refractivity contribution in [3.8, 4) is 34.7 Å². The van der Waals surface area contributed by atoms with Crippen molar-refractivity contribution in [3.63, 3.8) is 0 Å². The zero-order valence-electron chi connectivity index (χ0n) is 19.8. The Morgan fingerprint density at radius 1 is 1.34 bits per heavy atom. The molecule has 1 saturated heterocycles. The Balaban J connectivity index is 1.31. The smallest absolute Gasteiger partial charge is 0.258 e. The van der Waals surface area contributed by atoms with Crippen LogP contribution in [0.25, 0.3) is 22.8 Å². The van der Waals surface area contributed by atoms with Gasteiger partial charge in [-0.15, -0.1) is 0 Å². The van der Waals surface area contributed by atoms with Crippen LogP contribution in [0.2, 0.25) is 0 Å². The molecule has 180 valence electrons. The number of nitrogens with one attached hydrogen (secondary N) is 1. The molecule has 1 aromatic heterocycles. The summed E-state index contributed by atoms with van der Waals surface area (Å²) in [7, 11) is 0. The van der Waals surface area contributed by atoms with Crippen molar-refractivity contribution in [2.24, 2.45) is 0 Å². The number of nitriles is 1. The lowest BCUT2D eigenvalue weighted by Crippen LogP contribution is -2.43. The first-order valence-electron chi connectivity index (χ1n) is 11.9. The Bertz CT molecular complexity index is 1280. The molecule has 8 nitrogen and oxygen atoms in total. The van der Waals surface area contributed by atoms with E-state index in [0.29, 0.717) is 34.3 Å². The van der Waals surface area contributed by atoms with Gasteiger partial charge in [0.25, 0.3) is 5.89 Å². The van der Waals surface area contributed by atoms with E-state index < -0.39 is 0 Å². The minimum atomic E-state index is -0.0270. The molecule has 1 atom stereocenters. The van der Waals surface area contributed by atoms with E-state index in [2.05, 4.69) is 27.0 Å². The van der Waals surface area contributed by atoms with E-state index in [9.17, 15) is 10.1 Å². The molecule has 1 amide bonds. The quantitative estimate of drug-likeness (QED) is 0.461. The summed E-state index contributed by atoms with van der Waals surface area (Å²) in [5, 5.41) is 13.8. The highest BCUT2D eigenvalue weighted by Gasteiger charge is 2.27. The molecule has 2 aliphatic rings. The number of amides is 1. The molecule has 1 fully saturated rings. The Morgan fingerprint density at radius 3 is 2.94 bits per heavy atom. The number of hydrogen-bond donors (Lipinski definition) is 1. The van der Waals surface area contributed by atoms with Crippen LogP contribution in [0.3, 0.4) is 0 Å². The molecule has 0 saturated carbocycles. The second-order valence-electron chi connectivity index (χ2n) is 9.02. The Labute approximate surface area is 208 Å². The third-order valence-corrected chi connectivity index (χ3v) is 7.12. The first-order chi connectivity index (χ1) is 17.0. The molecular weight excluding hydrogens is 462 g/mol. The van der Waals surface area contributed by atoms with E-state index in [1.165, 1.54) is 23.1 Å². The normalized spacial score (nSPS) is 16.6. The molecule has 0 radical (unpaired) electrons. The zero-order chi connectivity index (χ0) is 24.4. The summed E-state index contributed by atoms with van der Waals surface area (Å²) in [5.74, 6) is 2.07. The van der Waals surface area contributed by atoms with Gasteiger partial charge in [0.05, 0.1) is 17.4 Å². The van der Waals surface area contributed by atoms with Gasteiger partial charge in [0, 0.05) is 30.3 Å². The zero-order valence-corrected chi connectivity index (χ0v) is 20.6. The molecule has 5 rings (SSSR count). The number of hydrogen-bond acceptors (Lipinski definition) is 8. The van der Waals surface area contributed by atoms with Gasteiger partial charge in [0.1, 0.15) is 11.8 Å². The second kappa shape index (κ2) is 10.1. The van der Waals surface area contributed by atoms with Crippen LogP contribution in [0.1, 0.15) is 49.4 Å². The summed E-state index contributed by atoms with van der Waals surface area (Å²) in [6.07, 6.45) is 2.93. The predicted molar refractivity (Wildman–Crippen MR) is 134 cm³/mol. The Hall–Kier alpha value is -3.35. The van der Waals surface area contributed by atoms with Crippen molar-refractivity contribution in [1.29, 1.82) is 5.26 Å². The molecule has 1 aliphatic heterocycles. The van der Waals surface area contributed by atoms with Gasteiger partial charge < -0.3 is 14.2 Å². The number of likely N-dealkylation sites (tertiary alicyclic amines) is 1. The van der Waals surface area contributed by atoms with Crippen LogP contribution in [0, 0.1) is 11.3 Å². The van der Waals surface area contributed by atoms with Gasteiger partial charge in [-0.1, -0.05) is 35.3 Å². The minimum absolute atomic E-state index is 0.0270. The fourth-order valence-corrected chi connectivity index (χ4v) is 5.24. The van der Waals surface area contributed by atoms with E-state index in [4.69, 9.17) is 9.26 Å². The van der Waals surface area contributed by atoms with Crippen molar-refractivity contribution < 1.29 is 14.1 Å². The van der Waals surface area contributed by atoms with E-state index in [-0.39, 0.29) is 18.1 Å². The number of aromatic nitrogens is 2. The number of carbonyl (C=O) groups excluding carboxylic acids is 1. The van der Waals surface area contributed by atoms with E-state index in [0.717, 1.165) is 37.9 Å². The summed E-state index contributed by atoms with van der Waals surface area (Å²) in [4.78, 5) is 18.7. The molecule has 0 unspecified atom stereocenters. The average Bonchev–Trinajstić information content (AvgIpc) is 3.45. The molecule has 0 spiro atoms. The average molecular weight is 490 g/mol. The Kier molecular flexibility index (Phi) is 6.75. The van der Waals surface area contributed by atoms with Gasteiger partial charge >= 0.3 is 0 Å². The highest BCUT2D eigenvalue weighted by atomic mass is 32.2. The third-order valence-electron chi connectivity index (χ3n) is 6.28. The molecule has 2 heterocycles. The molecule has 35 heavy (non-hydrogen) atoms. The number of benzene rings is 2. The number of ether oxygens (including phenoxy) is 1. The number of rotatable bonds is 8. The maximum absolute atomic E-state index is 12.1. The first kappa shape index (κ1) is 23.4. The van der Waals surface area contributed by atoms with Gasteiger partial charge in [0.2, 0.25) is 11.7 Å². The fraction of sp³-hybridized carbons (Fsp3) is 0.385. The first-order valence-corrected chi connectivity index (χ1v) is 12.8. The van der Waals surface area contributed by atoms with Gasteiger partial charge in [-0.25, -0.2) is 0 Å². The lowest BCUT2D eigenvalue weighted by Gasteiger charge is -2.30. The summed E-state index contributed by atoms with van der Waals surface area (Å²) >= 11 is 1.48. The molecule has 0 bridgehead atoms. The molecule has 3 aromatic rings. The number of nitrogens with zero attached hydrogens (tertiary/aromatic N) is 4. The lowest BCUT2D eigenvalue weighted by molar-refractivity contribution is -0.131. The molecule has 2 aromatic carbocycles. The van der Waals surface area contributed by atoms with Crippen LogP contribution in [0.5, 0.6) is 5.75 Å². The highest BCUT2D eigenvalue weighted by molar-refractivity contribution is 7.98. The molecular formula is C26H27N5O3S. The summed E-state index contributed by atoms with van der Waals surface area (Å²) in [6.45, 7) is 5.61. The molecule has 1 N–H and O–H groups in total. The van der Waals surface area contributed by atoms with Gasteiger partial charge in [-0.3, -0.25) is 9.52 Å². The van der Waals surface area contributed by atoms with Crippen LogP contribution in [0.15, 0.2) is 40.9 Å². The summed E-state index contributed by atoms with van der Waals surface area (Å²) in [6, 6.07) is 13.8. The highest BCUT2D eigenvalue weighted by Crippen LogP contribution is 2.38. The van der Waals surface area contributed by atoms with Crippen LogP contribution in [-0.2, 0) is 11.2 Å². The third kappa shape index (κ3) is 4.90. The van der Waals surface area contributed by atoms with Crippen molar-refractivity contribution in [2.75, 3.05) is 18.8 Å². The maximum atomic E-state index is 12.1. The van der Waals surface area contributed by atoms with Gasteiger partial charge in [-0.2, -0.15) is 10.2 Å². The van der Waals surface area contributed by atoms with Crippen molar-refractivity contribution in [1.82, 2.24) is 19.8 Å². The van der Waals surface area contributed by atoms with Crippen LogP contribution in [0.4, 0.5) is 0 Å². The van der Waals surface area contributed by atoms with Crippen molar-refractivity contribution in [3.05, 3.63) is 53.1 Å². The largest absolute Gasteiger partial charge is 0.490 e. The predicted octanol–water partition coefficient (Wildman–Crippen LogP) is 4.52. The van der Waals surface area contributed by atoms with E-state index in [1.807, 2.05) is 36.9 Å². The maximum Gasteiger partial charge on any atom is 0.258 e. The summed E-state index contributed by atoms with van der Waals surface area (Å²) in [5.41, 5.74) is 4.45. The van der Waals surface area contributed by atoms with Crippen LogP contribution < -0.4 is 9.46 Å².